The second-order valence-corrected chi connectivity index (χ2v) is 4.99. The predicted molar refractivity (Wildman–Crippen MR) is 77.6 cm³/mol. The Morgan fingerprint density at radius 2 is 1.80 bits per heavy atom. The number of aliphatic carboxylic acids is 1. The first-order valence-electron chi connectivity index (χ1n) is 6.40. The molecule has 0 bridgehead atoms. The summed E-state index contributed by atoms with van der Waals surface area (Å²) in [4.78, 5) is 22.7. The summed E-state index contributed by atoms with van der Waals surface area (Å²) >= 11 is 0. The molecule has 0 amide bonds. The smallest absolute Gasteiger partial charge is 0.308 e. The van der Waals surface area contributed by atoms with E-state index in [1.807, 2.05) is 43.5 Å². The van der Waals surface area contributed by atoms with Gasteiger partial charge in [0, 0.05) is 23.5 Å². The maximum Gasteiger partial charge on any atom is 0.308 e. The van der Waals surface area contributed by atoms with E-state index in [1.54, 1.807) is 6.20 Å². The Morgan fingerprint density at radius 1 is 1.20 bits per heavy atom. The van der Waals surface area contributed by atoms with Crippen LogP contribution in [0.25, 0.3) is 5.69 Å². The molecular formula is C16H17NO3. The van der Waals surface area contributed by atoms with Gasteiger partial charge in [-0.15, -0.1) is 0 Å². The van der Waals surface area contributed by atoms with Gasteiger partial charge in [-0.2, -0.15) is 0 Å². The van der Waals surface area contributed by atoms with Crippen molar-refractivity contribution in [2.75, 3.05) is 0 Å². The molecule has 1 N–H and O–H groups in total. The number of hydrogen-bond donors (Lipinski definition) is 1. The molecule has 0 saturated heterocycles. The van der Waals surface area contributed by atoms with Crippen LogP contribution in [0, 0.1) is 20.8 Å². The Kier molecular flexibility index (Phi) is 3.74. The first kappa shape index (κ1) is 14.1. The zero-order valence-corrected chi connectivity index (χ0v) is 11.8. The molecular weight excluding hydrogens is 254 g/mol. The summed E-state index contributed by atoms with van der Waals surface area (Å²) in [5.41, 5.74) is 4.02. The van der Waals surface area contributed by atoms with E-state index in [0.29, 0.717) is 5.56 Å². The number of carboxylic acid groups (broad SMARTS) is 1. The molecule has 0 aliphatic heterocycles. The van der Waals surface area contributed by atoms with Crippen LogP contribution in [0.1, 0.15) is 22.4 Å². The quantitative estimate of drug-likeness (QED) is 0.932. The van der Waals surface area contributed by atoms with Gasteiger partial charge in [0.1, 0.15) is 0 Å². The number of aryl methyl sites for hydroxylation is 3. The van der Waals surface area contributed by atoms with E-state index < -0.39 is 5.97 Å². The molecule has 2 rings (SSSR count). The van der Waals surface area contributed by atoms with E-state index in [4.69, 9.17) is 5.11 Å². The van der Waals surface area contributed by atoms with Crippen molar-refractivity contribution in [2.45, 2.75) is 27.2 Å². The first-order valence-corrected chi connectivity index (χ1v) is 6.40. The molecule has 0 saturated carbocycles. The van der Waals surface area contributed by atoms with Crippen LogP contribution in [-0.4, -0.2) is 15.6 Å². The molecule has 0 aliphatic carbocycles. The molecule has 0 fully saturated rings. The average Bonchev–Trinajstić information content (AvgIpc) is 2.33. The van der Waals surface area contributed by atoms with E-state index in [1.165, 1.54) is 6.07 Å². The van der Waals surface area contributed by atoms with Crippen molar-refractivity contribution in [2.24, 2.45) is 0 Å². The molecule has 4 nitrogen and oxygen atoms in total. The monoisotopic (exact) mass is 271 g/mol. The molecule has 1 aromatic carbocycles. The Hall–Kier alpha value is -2.36. The third kappa shape index (κ3) is 2.64. The minimum absolute atomic E-state index is 0.229. The highest BCUT2D eigenvalue weighted by molar-refractivity contribution is 5.70. The summed E-state index contributed by atoms with van der Waals surface area (Å²) in [6, 6.07) is 7.46. The molecule has 2 aromatic rings. The number of pyridine rings is 1. The summed E-state index contributed by atoms with van der Waals surface area (Å²) in [7, 11) is 0. The fourth-order valence-electron chi connectivity index (χ4n) is 2.40. The molecule has 0 atom stereocenters. The molecule has 1 aromatic heterocycles. The third-order valence-corrected chi connectivity index (χ3v) is 3.34. The molecule has 4 heteroatoms. The number of rotatable bonds is 3. The molecule has 0 unspecified atom stereocenters. The lowest BCUT2D eigenvalue weighted by Gasteiger charge is -2.17. The zero-order chi connectivity index (χ0) is 14.9. The lowest BCUT2D eigenvalue weighted by atomic mass is 10.1. The Morgan fingerprint density at radius 3 is 2.35 bits per heavy atom. The van der Waals surface area contributed by atoms with Crippen LogP contribution in [0.2, 0.25) is 0 Å². The highest BCUT2D eigenvalue weighted by Gasteiger charge is 2.11. The average molecular weight is 271 g/mol. The third-order valence-electron chi connectivity index (χ3n) is 3.34. The number of nitrogens with zero attached hydrogens (tertiary/aromatic N) is 1. The van der Waals surface area contributed by atoms with Crippen molar-refractivity contribution in [3.63, 3.8) is 0 Å². The summed E-state index contributed by atoms with van der Waals surface area (Å²) in [6.45, 7) is 5.84. The van der Waals surface area contributed by atoms with Crippen LogP contribution < -0.4 is 5.43 Å². The van der Waals surface area contributed by atoms with Crippen molar-refractivity contribution >= 4 is 5.97 Å². The van der Waals surface area contributed by atoms with Crippen molar-refractivity contribution in [3.05, 3.63) is 63.1 Å². The van der Waals surface area contributed by atoms with E-state index in [2.05, 4.69) is 0 Å². The minimum Gasteiger partial charge on any atom is -0.481 e. The highest BCUT2D eigenvalue weighted by atomic mass is 16.4. The van der Waals surface area contributed by atoms with Gasteiger partial charge in [-0.05, 0) is 31.9 Å². The molecule has 1 heterocycles. The SMILES string of the molecule is Cc1cccc(C)c1-n1cc(CC(=O)O)c(=O)cc1C. The topological polar surface area (TPSA) is 59.3 Å². The van der Waals surface area contributed by atoms with E-state index in [9.17, 15) is 9.59 Å². The normalized spacial score (nSPS) is 10.6. The minimum atomic E-state index is -1.00. The van der Waals surface area contributed by atoms with Crippen LogP contribution in [0.5, 0.6) is 0 Å². The van der Waals surface area contributed by atoms with Gasteiger partial charge < -0.3 is 9.67 Å². The Bertz CT molecular complexity index is 709. The summed E-state index contributed by atoms with van der Waals surface area (Å²) < 4.78 is 1.89. The molecule has 0 radical (unpaired) electrons. The van der Waals surface area contributed by atoms with Crippen LogP contribution in [-0.2, 0) is 11.2 Å². The number of hydrogen-bond acceptors (Lipinski definition) is 2. The van der Waals surface area contributed by atoms with E-state index in [0.717, 1.165) is 22.5 Å². The highest BCUT2D eigenvalue weighted by Crippen LogP contribution is 2.20. The second kappa shape index (κ2) is 5.33. The number of benzene rings is 1. The van der Waals surface area contributed by atoms with E-state index in [-0.39, 0.29) is 11.8 Å². The van der Waals surface area contributed by atoms with Crippen molar-refractivity contribution < 1.29 is 9.90 Å². The van der Waals surface area contributed by atoms with Gasteiger partial charge in [-0.1, -0.05) is 18.2 Å². The predicted octanol–water partition coefficient (Wildman–Crippen LogP) is 2.39. The lowest BCUT2D eigenvalue weighted by molar-refractivity contribution is -0.136. The van der Waals surface area contributed by atoms with Gasteiger partial charge in [0.25, 0.3) is 0 Å². The summed E-state index contributed by atoms with van der Waals surface area (Å²) in [6.07, 6.45) is 1.38. The molecule has 20 heavy (non-hydrogen) atoms. The largest absolute Gasteiger partial charge is 0.481 e. The summed E-state index contributed by atoms with van der Waals surface area (Å²) in [5, 5.41) is 8.88. The maximum absolute atomic E-state index is 11.9. The number of aromatic nitrogens is 1. The molecule has 0 aliphatic rings. The van der Waals surface area contributed by atoms with Crippen LogP contribution in [0.15, 0.2) is 35.3 Å². The zero-order valence-electron chi connectivity index (χ0n) is 11.8. The number of carboxylic acids is 1. The van der Waals surface area contributed by atoms with Gasteiger partial charge in [0.05, 0.1) is 12.1 Å². The Balaban J connectivity index is 2.68. The fourth-order valence-corrected chi connectivity index (χ4v) is 2.40. The summed E-state index contributed by atoms with van der Waals surface area (Å²) in [5.74, 6) is -1.00. The van der Waals surface area contributed by atoms with E-state index >= 15 is 0 Å². The molecule has 0 spiro atoms. The van der Waals surface area contributed by atoms with Crippen LogP contribution >= 0.6 is 0 Å². The standard InChI is InChI=1S/C16H17NO3/c1-10-5-4-6-11(2)16(10)17-9-13(8-15(19)20)14(18)7-12(17)3/h4-7,9H,8H2,1-3H3,(H,19,20). The maximum atomic E-state index is 11.9. The number of carbonyl (C=O) groups is 1. The van der Waals surface area contributed by atoms with Gasteiger partial charge in [0.2, 0.25) is 0 Å². The lowest BCUT2D eigenvalue weighted by Crippen LogP contribution is -2.18. The van der Waals surface area contributed by atoms with Gasteiger partial charge in [0.15, 0.2) is 5.43 Å². The van der Waals surface area contributed by atoms with Gasteiger partial charge in [-0.25, -0.2) is 0 Å². The van der Waals surface area contributed by atoms with Crippen molar-refractivity contribution in [1.29, 1.82) is 0 Å². The molecule has 104 valence electrons. The Labute approximate surface area is 117 Å². The first-order chi connectivity index (χ1) is 9.40. The fraction of sp³-hybridized carbons (Fsp3) is 0.250. The van der Waals surface area contributed by atoms with Crippen LogP contribution in [0.3, 0.4) is 0 Å². The van der Waals surface area contributed by atoms with Crippen LogP contribution in [0.4, 0.5) is 0 Å². The number of para-hydroxylation sites is 1. The van der Waals surface area contributed by atoms with Crippen molar-refractivity contribution in [3.8, 4) is 5.69 Å². The van der Waals surface area contributed by atoms with Crippen molar-refractivity contribution in [1.82, 2.24) is 4.57 Å². The van der Waals surface area contributed by atoms with Gasteiger partial charge >= 0.3 is 5.97 Å². The van der Waals surface area contributed by atoms with Gasteiger partial charge in [-0.3, -0.25) is 9.59 Å². The second-order valence-electron chi connectivity index (χ2n) is 4.99.